The highest BCUT2D eigenvalue weighted by Crippen LogP contribution is 2.38. The molecule has 0 radical (unpaired) electrons. The molecular weight excluding hydrogens is 409 g/mol. The number of rotatable bonds is 4. The summed E-state index contributed by atoms with van der Waals surface area (Å²) in [5.74, 6) is 0. The molecule has 0 bridgehead atoms. The van der Waals surface area contributed by atoms with E-state index < -0.39 is 5.60 Å². The number of aromatic nitrogens is 2. The van der Waals surface area contributed by atoms with E-state index in [0.29, 0.717) is 19.1 Å². The molecule has 4 rings (SSSR count). The van der Waals surface area contributed by atoms with Gasteiger partial charge in [-0.1, -0.05) is 0 Å². The average Bonchev–Trinajstić information content (AvgIpc) is 3.19. The van der Waals surface area contributed by atoms with Crippen molar-refractivity contribution in [2.24, 2.45) is 0 Å². The predicted molar refractivity (Wildman–Crippen MR) is 122 cm³/mol. The van der Waals surface area contributed by atoms with Gasteiger partial charge in [0.15, 0.2) is 0 Å². The molecule has 3 fully saturated rings. The van der Waals surface area contributed by atoms with E-state index in [9.17, 15) is 4.79 Å². The third-order valence-corrected chi connectivity index (χ3v) is 7.07. The van der Waals surface area contributed by atoms with E-state index in [4.69, 9.17) is 18.8 Å². The molecule has 9 heteroatoms. The van der Waals surface area contributed by atoms with Crippen LogP contribution in [0.25, 0.3) is 0 Å². The van der Waals surface area contributed by atoms with Crippen LogP contribution >= 0.6 is 0 Å². The molecule has 0 atom stereocenters. The van der Waals surface area contributed by atoms with Gasteiger partial charge in [0.2, 0.25) is 0 Å². The molecule has 0 spiro atoms. The van der Waals surface area contributed by atoms with Gasteiger partial charge in [-0.3, -0.25) is 4.68 Å². The number of hydrogen-bond acceptors (Lipinski definition) is 6. The van der Waals surface area contributed by atoms with Crippen molar-refractivity contribution in [1.29, 1.82) is 0 Å². The number of ether oxygens (including phenoxy) is 2. The highest BCUT2D eigenvalue weighted by Gasteiger charge is 2.52. The van der Waals surface area contributed by atoms with Gasteiger partial charge in [0.1, 0.15) is 5.60 Å². The molecule has 8 nitrogen and oxygen atoms in total. The SMILES string of the molecule is CC(C)(C)OC(=O)N1CCC(OC2CC(n3cc(B4OC(C)(C)C(C)(C)O4)cn3)C2)CC1. The maximum atomic E-state index is 12.2. The Bertz CT molecular complexity index is 804. The molecule has 1 aromatic rings. The Balaban J connectivity index is 1.21. The molecule has 32 heavy (non-hydrogen) atoms. The highest BCUT2D eigenvalue weighted by atomic mass is 16.7. The van der Waals surface area contributed by atoms with Crippen LogP contribution in [0.4, 0.5) is 4.79 Å². The Morgan fingerprint density at radius 1 is 1.09 bits per heavy atom. The molecule has 1 aliphatic carbocycles. The van der Waals surface area contributed by atoms with Crippen LogP contribution in [0.3, 0.4) is 0 Å². The van der Waals surface area contributed by atoms with Crippen LogP contribution in [0.2, 0.25) is 0 Å². The fraction of sp³-hybridized carbons (Fsp3) is 0.826. The van der Waals surface area contributed by atoms with Gasteiger partial charge < -0.3 is 23.7 Å². The summed E-state index contributed by atoms with van der Waals surface area (Å²) in [5.41, 5.74) is -0.203. The number of hydrogen-bond donors (Lipinski definition) is 0. The van der Waals surface area contributed by atoms with Crippen molar-refractivity contribution in [2.45, 2.75) is 109 Å². The standard InChI is InChI=1S/C23H38BN3O5/c1-21(2,3)30-20(28)26-10-8-18(9-11-26)29-19-12-17(13-19)27-15-16(14-25-27)24-31-22(4,5)23(6,7)32-24/h14-15,17-19H,8-13H2,1-7H3. The molecule has 1 saturated carbocycles. The van der Waals surface area contributed by atoms with E-state index >= 15 is 0 Å². The van der Waals surface area contributed by atoms with Crippen molar-refractivity contribution < 1.29 is 23.6 Å². The lowest BCUT2D eigenvalue weighted by Gasteiger charge is -2.40. The fourth-order valence-electron chi connectivity index (χ4n) is 4.29. The van der Waals surface area contributed by atoms with Crippen LogP contribution in [-0.4, -0.2) is 70.0 Å². The number of piperidine rings is 1. The van der Waals surface area contributed by atoms with Crippen molar-refractivity contribution in [2.75, 3.05) is 13.1 Å². The zero-order valence-electron chi connectivity index (χ0n) is 20.6. The summed E-state index contributed by atoms with van der Waals surface area (Å²) in [6, 6.07) is 0.345. The zero-order valence-corrected chi connectivity index (χ0v) is 20.6. The van der Waals surface area contributed by atoms with Gasteiger partial charge in [0, 0.05) is 30.9 Å². The summed E-state index contributed by atoms with van der Waals surface area (Å²) in [6.45, 7) is 15.3. The van der Waals surface area contributed by atoms with E-state index in [0.717, 1.165) is 31.1 Å². The lowest BCUT2D eigenvalue weighted by atomic mass is 9.81. The smallest absolute Gasteiger partial charge is 0.444 e. The van der Waals surface area contributed by atoms with E-state index in [-0.39, 0.29) is 36.6 Å². The Hall–Kier alpha value is -1.58. The second-order valence-electron chi connectivity index (χ2n) is 11.4. The Kier molecular flexibility index (Phi) is 6.14. The molecule has 178 valence electrons. The Labute approximate surface area is 192 Å². The molecule has 0 unspecified atom stereocenters. The lowest BCUT2D eigenvalue weighted by molar-refractivity contribution is -0.0918. The lowest BCUT2D eigenvalue weighted by Crippen LogP contribution is -2.45. The third-order valence-electron chi connectivity index (χ3n) is 7.07. The second kappa shape index (κ2) is 8.33. The monoisotopic (exact) mass is 447 g/mol. The molecule has 0 N–H and O–H groups in total. The number of nitrogens with zero attached hydrogens (tertiary/aromatic N) is 3. The van der Waals surface area contributed by atoms with E-state index in [1.807, 2.05) is 37.8 Å². The first-order chi connectivity index (χ1) is 14.8. The predicted octanol–water partition coefficient (Wildman–Crippen LogP) is 3.30. The van der Waals surface area contributed by atoms with E-state index in [1.165, 1.54) is 0 Å². The number of carbonyl (C=O) groups excluding carboxylic acids is 1. The van der Waals surface area contributed by atoms with Crippen molar-refractivity contribution >= 4 is 18.7 Å². The van der Waals surface area contributed by atoms with E-state index in [2.05, 4.69) is 32.8 Å². The number of amides is 1. The van der Waals surface area contributed by atoms with Gasteiger partial charge >= 0.3 is 13.2 Å². The minimum atomic E-state index is -0.458. The minimum Gasteiger partial charge on any atom is -0.444 e. The summed E-state index contributed by atoms with van der Waals surface area (Å²) in [5, 5.41) is 4.56. The van der Waals surface area contributed by atoms with Crippen molar-refractivity contribution in [3.8, 4) is 0 Å². The summed E-state index contributed by atoms with van der Waals surface area (Å²) in [7, 11) is -0.379. The van der Waals surface area contributed by atoms with Gasteiger partial charge in [-0.15, -0.1) is 0 Å². The summed E-state index contributed by atoms with van der Waals surface area (Å²) in [6.07, 6.45) is 7.75. The van der Waals surface area contributed by atoms with Crippen molar-refractivity contribution in [1.82, 2.24) is 14.7 Å². The average molecular weight is 447 g/mol. The zero-order chi connectivity index (χ0) is 23.3. The minimum absolute atomic E-state index is 0.206. The van der Waals surface area contributed by atoms with Gasteiger partial charge in [0.25, 0.3) is 0 Å². The van der Waals surface area contributed by atoms with Crippen molar-refractivity contribution in [3.05, 3.63) is 12.4 Å². The quantitative estimate of drug-likeness (QED) is 0.660. The van der Waals surface area contributed by atoms with Crippen molar-refractivity contribution in [3.63, 3.8) is 0 Å². The molecule has 0 aromatic carbocycles. The van der Waals surface area contributed by atoms with Crippen LogP contribution in [0.5, 0.6) is 0 Å². The van der Waals surface area contributed by atoms with Crippen LogP contribution in [0.15, 0.2) is 12.4 Å². The van der Waals surface area contributed by atoms with Crippen LogP contribution in [-0.2, 0) is 18.8 Å². The topological polar surface area (TPSA) is 75.0 Å². The maximum Gasteiger partial charge on any atom is 0.498 e. The molecule has 2 aliphatic heterocycles. The molecule has 3 heterocycles. The summed E-state index contributed by atoms with van der Waals surface area (Å²) < 4.78 is 26.1. The summed E-state index contributed by atoms with van der Waals surface area (Å²) >= 11 is 0. The molecule has 3 aliphatic rings. The molecule has 2 saturated heterocycles. The number of carbonyl (C=O) groups is 1. The van der Waals surface area contributed by atoms with Gasteiger partial charge in [-0.25, -0.2) is 4.79 Å². The van der Waals surface area contributed by atoms with Crippen LogP contribution in [0, 0.1) is 0 Å². The largest absolute Gasteiger partial charge is 0.498 e. The molecule has 1 aromatic heterocycles. The number of likely N-dealkylation sites (tertiary alicyclic amines) is 1. The van der Waals surface area contributed by atoms with Gasteiger partial charge in [0.05, 0.1) is 29.5 Å². The summed E-state index contributed by atoms with van der Waals surface area (Å²) in [4.78, 5) is 14.0. The van der Waals surface area contributed by atoms with Gasteiger partial charge in [-0.2, -0.15) is 5.10 Å². The highest BCUT2D eigenvalue weighted by molar-refractivity contribution is 6.62. The third kappa shape index (κ3) is 4.99. The maximum absolute atomic E-state index is 12.2. The Morgan fingerprint density at radius 2 is 1.69 bits per heavy atom. The normalized spacial score (nSPS) is 28.0. The van der Waals surface area contributed by atoms with Crippen LogP contribution < -0.4 is 5.46 Å². The second-order valence-corrected chi connectivity index (χ2v) is 11.4. The van der Waals surface area contributed by atoms with E-state index in [1.54, 1.807) is 4.90 Å². The first kappa shape index (κ1) is 23.6. The first-order valence-corrected chi connectivity index (χ1v) is 11.9. The van der Waals surface area contributed by atoms with Crippen LogP contribution in [0.1, 0.15) is 80.2 Å². The Morgan fingerprint density at radius 3 is 2.25 bits per heavy atom. The fourth-order valence-corrected chi connectivity index (χ4v) is 4.29. The molecule has 1 amide bonds. The van der Waals surface area contributed by atoms with Gasteiger partial charge in [-0.05, 0) is 74.1 Å². The first-order valence-electron chi connectivity index (χ1n) is 11.9. The molecular formula is C23H38BN3O5.